The summed E-state index contributed by atoms with van der Waals surface area (Å²) in [4.78, 5) is 48.7. The molecule has 36 heavy (non-hydrogen) atoms. The second-order valence-electron chi connectivity index (χ2n) is 8.48. The number of hydrogen-bond acceptors (Lipinski definition) is 6. The fourth-order valence-corrected chi connectivity index (χ4v) is 3.31. The summed E-state index contributed by atoms with van der Waals surface area (Å²) in [5.74, 6) is -3.88. The number of anilines is 2. The number of piperazine rings is 1. The van der Waals surface area contributed by atoms with Crippen LogP contribution < -0.4 is 15.5 Å². The van der Waals surface area contributed by atoms with E-state index in [2.05, 4.69) is 20.4 Å². The largest absolute Gasteiger partial charge is 0.490 e. The Labute approximate surface area is 207 Å². The molecular weight excluding hydrogens is 485 g/mol. The predicted molar refractivity (Wildman–Crippen MR) is 127 cm³/mol. The lowest BCUT2D eigenvalue weighted by molar-refractivity contribution is -0.192. The fraction of sp³-hybridized carbons (Fsp3) is 0.565. The van der Waals surface area contributed by atoms with E-state index in [1.54, 1.807) is 12.1 Å². The smallest absolute Gasteiger partial charge is 0.478 e. The average Bonchev–Trinajstić information content (AvgIpc) is 2.77. The van der Waals surface area contributed by atoms with Crippen LogP contribution in [0.4, 0.5) is 24.5 Å². The molecule has 0 unspecified atom stereocenters. The summed E-state index contributed by atoms with van der Waals surface area (Å²) in [5.41, 5.74) is 1.48. The number of nitrogens with one attached hydrogen (secondary N) is 2. The quantitative estimate of drug-likeness (QED) is 0.391. The van der Waals surface area contributed by atoms with Gasteiger partial charge >= 0.3 is 18.1 Å². The van der Waals surface area contributed by atoms with E-state index in [0.29, 0.717) is 31.7 Å². The van der Waals surface area contributed by atoms with Gasteiger partial charge in [-0.15, -0.1) is 0 Å². The molecule has 13 heteroatoms. The molecule has 0 atom stereocenters. The lowest BCUT2D eigenvalue weighted by Crippen LogP contribution is -2.50. The highest BCUT2D eigenvalue weighted by Gasteiger charge is 2.38. The maximum Gasteiger partial charge on any atom is 0.490 e. The molecule has 10 nitrogen and oxygen atoms in total. The number of halogens is 3. The van der Waals surface area contributed by atoms with Crippen molar-refractivity contribution in [1.29, 1.82) is 0 Å². The van der Waals surface area contributed by atoms with Gasteiger partial charge in [-0.2, -0.15) is 13.2 Å². The molecule has 1 saturated heterocycles. The first kappa shape index (κ1) is 30.7. The first-order valence-electron chi connectivity index (χ1n) is 11.5. The number of carbonyl (C=O) groups is 4. The van der Waals surface area contributed by atoms with Crippen LogP contribution in [0.1, 0.15) is 50.4 Å². The molecule has 1 aromatic carbocycles. The van der Waals surface area contributed by atoms with Gasteiger partial charge in [-0.25, -0.2) is 9.59 Å². The molecule has 1 aliphatic rings. The molecule has 1 aliphatic heterocycles. The van der Waals surface area contributed by atoms with E-state index in [0.717, 1.165) is 31.6 Å². The van der Waals surface area contributed by atoms with Crippen molar-refractivity contribution in [2.75, 3.05) is 42.9 Å². The van der Waals surface area contributed by atoms with Gasteiger partial charge in [0, 0.05) is 38.6 Å². The third kappa shape index (κ3) is 10.9. The van der Waals surface area contributed by atoms with Gasteiger partial charge in [0.25, 0.3) is 0 Å². The monoisotopic (exact) mass is 518 g/mol. The van der Waals surface area contributed by atoms with Crippen molar-refractivity contribution < 1.29 is 42.6 Å². The molecule has 0 bridgehead atoms. The van der Waals surface area contributed by atoms with Gasteiger partial charge in [-0.05, 0) is 38.5 Å². The zero-order chi connectivity index (χ0) is 27.5. The Balaban J connectivity index is 0.000000809. The molecule has 0 spiro atoms. The Bertz CT molecular complexity index is 916. The molecular formula is C23H33F3N4O6. The number of carbonyl (C=O) groups excluding carboxylic acids is 2. The third-order valence-electron chi connectivity index (χ3n) is 5.05. The van der Waals surface area contributed by atoms with Gasteiger partial charge in [0.1, 0.15) is 0 Å². The number of carboxylic acids is 2. The average molecular weight is 519 g/mol. The summed E-state index contributed by atoms with van der Waals surface area (Å²) in [6.07, 6.45) is -2.97. The van der Waals surface area contributed by atoms with E-state index in [4.69, 9.17) is 9.90 Å². The number of benzene rings is 1. The molecule has 2 amide bonds. The standard InChI is InChI=1S/C21H32N4O4.C2HF3O2/c1-4-5-6-19(26)23-17-13-16(21(28)29)7-8-18(17)25-11-9-24(10-12-25)14-20(27)22-15(2)3;3-2(4,5)1(6)7/h7-8,13,15H,4-6,9-12,14H2,1-3H3,(H,22,27)(H,23,26)(H,28,29);(H,6,7). The van der Waals surface area contributed by atoms with E-state index >= 15 is 0 Å². The highest BCUT2D eigenvalue weighted by atomic mass is 19.4. The van der Waals surface area contributed by atoms with Gasteiger partial charge in [0.2, 0.25) is 11.8 Å². The van der Waals surface area contributed by atoms with Crippen LogP contribution in [-0.2, 0) is 14.4 Å². The number of unbranched alkanes of at least 4 members (excludes halogenated alkanes) is 1. The number of aliphatic carboxylic acids is 1. The van der Waals surface area contributed by atoms with Gasteiger partial charge in [-0.3, -0.25) is 14.5 Å². The Morgan fingerprint density at radius 3 is 2.08 bits per heavy atom. The maximum atomic E-state index is 12.2. The topological polar surface area (TPSA) is 139 Å². The van der Waals surface area contributed by atoms with Gasteiger partial charge in [0.05, 0.1) is 23.5 Å². The van der Waals surface area contributed by atoms with Crippen molar-refractivity contribution in [1.82, 2.24) is 10.2 Å². The van der Waals surface area contributed by atoms with Crippen LogP contribution in [0.15, 0.2) is 18.2 Å². The molecule has 1 fully saturated rings. The molecule has 0 saturated carbocycles. The van der Waals surface area contributed by atoms with Crippen LogP contribution in [0.5, 0.6) is 0 Å². The highest BCUT2D eigenvalue weighted by Crippen LogP contribution is 2.29. The van der Waals surface area contributed by atoms with E-state index in [1.165, 1.54) is 6.07 Å². The second kappa shape index (κ2) is 14.3. The number of amides is 2. The second-order valence-corrected chi connectivity index (χ2v) is 8.48. The zero-order valence-electron chi connectivity index (χ0n) is 20.5. The van der Waals surface area contributed by atoms with Crippen LogP contribution in [0, 0.1) is 0 Å². The molecule has 0 aliphatic carbocycles. The summed E-state index contributed by atoms with van der Waals surface area (Å²) in [5, 5.41) is 22.2. The van der Waals surface area contributed by atoms with Gasteiger partial charge < -0.3 is 25.7 Å². The van der Waals surface area contributed by atoms with E-state index in [9.17, 15) is 32.7 Å². The predicted octanol–water partition coefficient (Wildman–Crippen LogP) is 2.79. The minimum atomic E-state index is -5.08. The minimum Gasteiger partial charge on any atom is -0.478 e. The number of alkyl halides is 3. The molecule has 202 valence electrons. The fourth-order valence-electron chi connectivity index (χ4n) is 3.31. The van der Waals surface area contributed by atoms with Crippen LogP contribution in [0.3, 0.4) is 0 Å². The minimum absolute atomic E-state index is 0.0168. The third-order valence-corrected chi connectivity index (χ3v) is 5.05. The number of rotatable bonds is 9. The SMILES string of the molecule is CCCCC(=O)Nc1cc(C(=O)O)ccc1N1CCN(CC(=O)NC(C)C)CC1.O=C(O)C(F)(F)F. The van der Waals surface area contributed by atoms with Gasteiger partial charge in [-0.1, -0.05) is 13.3 Å². The summed E-state index contributed by atoms with van der Waals surface area (Å²) >= 11 is 0. The number of aromatic carboxylic acids is 1. The number of carboxylic acid groups (broad SMARTS) is 2. The van der Waals surface area contributed by atoms with Crippen molar-refractivity contribution in [3.8, 4) is 0 Å². The van der Waals surface area contributed by atoms with Crippen molar-refractivity contribution in [3.63, 3.8) is 0 Å². The maximum absolute atomic E-state index is 12.2. The molecule has 4 N–H and O–H groups in total. The Kier molecular flexibility index (Phi) is 12.2. The Morgan fingerprint density at radius 1 is 1.03 bits per heavy atom. The lowest BCUT2D eigenvalue weighted by atomic mass is 10.1. The highest BCUT2D eigenvalue weighted by molar-refractivity contribution is 5.97. The number of nitrogens with zero attached hydrogens (tertiary/aromatic N) is 2. The summed E-state index contributed by atoms with van der Waals surface area (Å²) in [6, 6.07) is 4.95. The summed E-state index contributed by atoms with van der Waals surface area (Å²) < 4.78 is 31.7. The van der Waals surface area contributed by atoms with Crippen LogP contribution in [-0.4, -0.2) is 83.8 Å². The summed E-state index contributed by atoms with van der Waals surface area (Å²) in [6.45, 7) is 9.08. The number of hydrogen-bond donors (Lipinski definition) is 4. The van der Waals surface area contributed by atoms with E-state index in [1.807, 2.05) is 20.8 Å². The van der Waals surface area contributed by atoms with Crippen LogP contribution in [0.2, 0.25) is 0 Å². The molecule has 1 heterocycles. The van der Waals surface area contributed by atoms with Gasteiger partial charge in [0.15, 0.2) is 0 Å². The Hall–Kier alpha value is -3.35. The van der Waals surface area contributed by atoms with Crippen LogP contribution in [0.25, 0.3) is 0 Å². The lowest BCUT2D eigenvalue weighted by Gasteiger charge is -2.36. The van der Waals surface area contributed by atoms with E-state index in [-0.39, 0.29) is 23.4 Å². The van der Waals surface area contributed by atoms with Crippen molar-refractivity contribution in [2.24, 2.45) is 0 Å². The Morgan fingerprint density at radius 2 is 1.61 bits per heavy atom. The van der Waals surface area contributed by atoms with Crippen LogP contribution >= 0.6 is 0 Å². The molecule has 1 aromatic rings. The first-order valence-corrected chi connectivity index (χ1v) is 11.5. The normalized spacial score (nSPS) is 14.0. The first-order chi connectivity index (χ1) is 16.7. The van der Waals surface area contributed by atoms with E-state index < -0.39 is 18.1 Å². The van der Waals surface area contributed by atoms with Crippen molar-refractivity contribution in [3.05, 3.63) is 23.8 Å². The van der Waals surface area contributed by atoms with Crippen molar-refractivity contribution in [2.45, 2.75) is 52.3 Å². The molecule has 0 aromatic heterocycles. The summed E-state index contributed by atoms with van der Waals surface area (Å²) in [7, 11) is 0. The molecule has 2 rings (SSSR count). The molecule has 0 radical (unpaired) electrons. The zero-order valence-corrected chi connectivity index (χ0v) is 20.5. The van der Waals surface area contributed by atoms with Crippen molar-refractivity contribution >= 4 is 35.1 Å².